The normalized spacial score (nSPS) is 36.7. The summed E-state index contributed by atoms with van der Waals surface area (Å²) in [7, 11) is 0. The second-order valence-corrected chi connectivity index (χ2v) is 8.32. The van der Waals surface area contributed by atoms with Crippen LogP contribution in [0, 0.1) is 5.41 Å². The van der Waals surface area contributed by atoms with Crippen molar-refractivity contribution in [1.29, 1.82) is 0 Å². The van der Waals surface area contributed by atoms with Gasteiger partial charge in [-0.1, -0.05) is 38.3 Å². The molecule has 0 amide bonds. The summed E-state index contributed by atoms with van der Waals surface area (Å²) in [6.07, 6.45) is 14.1. The number of allylic oxidation sites excluding steroid dienone is 1. The molecule has 0 radical (unpaired) electrons. The molecule has 2 aliphatic carbocycles. The quantitative estimate of drug-likeness (QED) is 0.498. The van der Waals surface area contributed by atoms with Crippen LogP contribution in [0.1, 0.15) is 71.6 Å². The molecule has 1 nitrogen and oxygen atoms in total. The maximum Gasteiger partial charge on any atom is 0.0687 e. The van der Waals surface area contributed by atoms with E-state index in [1.807, 2.05) is 0 Å². The Hall–Kier alpha value is -0.0100. The molecule has 2 heteroatoms. The lowest BCUT2D eigenvalue weighted by Gasteiger charge is -2.33. The van der Waals surface area contributed by atoms with Crippen molar-refractivity contribution in [3.63, 3.8) is 0 Å². The van der Waals surface area contributed by atoms with Gasteiger partial charge < -0.3 is 4.74 Å². The highest BCUT2D eigenvalue weighted by molar-refractivity contribution is 6.21. The van der Waals surface area contributed by atoms with Crippen LogP contribution in [-0.4, -0.2) is 17.1 Å². The molecule has 1 saturated carbocycles. The molecule has 2 unspecified atom stereocenters. The van der Waals surface area contributed by atoms with E-state index in [2.05, 4.69) is 19.9 Å². The molecule has 0 aromatic heterocycles. The summed E-state index contributed by atoms with van der Waals surface area (Å²) in [6.45, 7) is 4.67. The molecular formula is C17H27ClO. The number of hydrogen-bond donors (Lipinski definition) is 0. The second kappa shape index (κ2) is 5.07. The highest BCUT2D eigenvalue weighted by Crippen LogP contribution is 2.46. The van der Waals surface area contributed by atoms with Crippen molar-refractivity contribution in [1.82, 2.24) is 0 Å². The number of ether oxygens (including phenoxy) is 1. The minimum atomic E-state index is 0.223. The van der Waals surface area contributed by atoms with Crippen LogP contribution in [0.25, 0.3) is 0 Å². The van der Waals surface area contributed by atoms with E-state index in [0.717, 1.165) is 12.8 Å². The molecule has 0 aromatic rings. The van der Waals surface area contributed by atoms with E-state index in [1.165, 1.54) is 50.5 Å². The molecule has 1 aliphatic heterocycles. The molecule has 0 N–H and O–H groups in total. The molecule has 3 rings (SSSR count). The molecule has 1 saturated heterocycles. The Bertz CT molecular complexity index is 365. The third-order valence-electron chi connectivity index (χ3n) is 5.21. The Morgan fingerprint density at radius 1 is 1.26 bits per heavy atom. The van der Waals surface area contributed by atoms with Gasteiger partial charge in [-0.05, 0) is 50.4 Å². The predicted octanol–water partition coefficient (Wildman–Crippen LogP) is 5.22. The number of alkyl halides is 1. The summed E-state index contributed by atoms with van der Waals surface area (Å²) in [5, 5.41) is 0.223. The Morgan fingerprint density at radius 2 is 2.00 bits per heavy atom. The van der Waals surface area contributed by atoms with Gasteiger partial charge in [-0.3, -0.25) is 0 Å². The fourth-order valence-corrected chi connectivity index (χ4v) is 5.04. The van der Waals surface area contributed by atoms with Gasteiger partial charge in [-0.2, -0.15) is 0 Å². The minimum absolute atomic E-state index is 0.223. The molecule has 108 valence electrons. The third-order valence-corrected chi connectivity index (χ3v) is 5.49. The first-order valence-corrected chi connectivity index (χ1v) is 8.42. The van der Waals surface area contributed by atoms with Crippen LogP contribution in [0.2, 0.25) is 0 Å². The average molecular weight is 283 g/mol. The van der Waals surface area contributed by atoms with E-state index >= 15 is 0 Å². The molecule has 0 aromatic carbocycles. The smallest absolute Gasteiger partial charge is 0.0687 e. The SMILES string of the molecule is CC1(C)CC(CC2CCC3(CCCC3)O2)=CC(Cl)C1. The first kappa shape index (κ1) is 13.9. The van der Waals surface area contributed by atoms with Crippen LogP contribution in [0.3, 0.4) is 0 Å². The van der Waals surface area contributed by atoms with E-state index in [9.17, 15) is 0 Å². The van der Waals surface area contributed by atoms with E-state index in [4.69, 9.17) is 16.3 Å². The fourth-order valence-electron chi connectivity index (χ4n) is 4.45. The number of hydrogen-bond acceptors (Lipinski definition) is 1. The zero-order valence-corrected chi connectivity index (χ0v) is 13.1. The number of halogens is 1. The lowest BCUT2D eigenvalue weighted by atomic mass is 9.76. The van der Waals surface area contributed by atoms with Crippen LogP contribution in [0.15, 0.2) is 11.6 Å². The number of rotatable bonds is 2. The topological polar surface area (TPSA) is 9.23 Å². The van der Waals surface area contributed by atoms with Crippen molar-refractivity contribution in [2.24, 2.45) is 5.41 Å². The minimum Gasteiger partial charge on any atom is -0.371 e. The molecular weight excluding hydrogens is 256 g/mol. The van der Waals surface area contributed by atoms with Gasteiger partial charge in [0.05, 0.1) is 17.1 Å². The van der Waals surface area contributed by atoms with Gasteiger partial charge in [-0.15, -0.1) is 11.6 Å². The Kier molecular flexibility index (Phi) is 3.73. The summed E-state index contributed by atoms with van der Waals surface area (Å²) >= 11 is 6.38. The van der Waals surface area contributed by atoms with E-state index in [1.54, 1.807) is 0 Å². The lowest BCUT2D eigenvalue weighted by molar-refractivity contribution is -0.0361. The predicted molar refractivity (Wildman–Crippen MR) is 80.7 cm³/mol. The van der Waals surface area contributed by atoms with Crippen molar-refractivity contribution in [2.45, 2.75) is 88.7 Å². The lowest BCUT2D eigenvalue weighted by Crippen LogP contribution is -2.26. The standard InChI is InChI=1S/C17H27ClO/c1-16(2)11-13(9-14(18)12-16)10-15-5-8-17(19-15)6-3-4-7-17/h9,14-15H,3-8,10-12H2,1-2H3. The largest absolute Gasteiger partial charge is 0.371 e. The highest BCUT2D eigenvalue weighted by atomic mass is 35.5. The van der Waals surface area contributed by atoms with Crippen molar-refractivity contribution < 1.29 is 4.74 Å². The monoisotopic (exact) mass is 282 g/mol. The summed E-state index contributed by atoms with van der Waals surface area (Å²) < 4.78 is 6.43. The second-order valence-electron chi connectivity index (χ2n) is 7.76. The molecule has 1 heterocycles. The first-order chi connectivity index (χ1) is 8.96. The van der Waals surface area contributed by atoms with Gasteiger partial charge >= 0.3 is 0 Å². The summed E-state index contributed by atoms with van der Waals surface area (Å²) in [6, 6.07) is 0. The Morgan fingerprint density at radius 3 is 2.68 bits per heavy atom. The summed E-state index contributed by atoms with van der Waals surface area (Å²) in [4.78, 5) is 0. The molecule has 2 fully saturated rings. The van der Waals surface area contributed by atoms with Crippen LogP contribution >= 0.6 is 11.6 Å². The van der Waals surface area contributed by atoms with Gasteiger partial charge in [0.1, 0.15) is 0 Å². The Labute approximate surface area is 122 Å². The zero-order chi connectivity index (χ0) is 13.5. The summed E-state index contributed by atoms with van der Waals surface area (Å²) in [5.74, 6) is 0. The average Bonchev–Trinajstić information content (AvgIpc) is 2.87. The first-order valence-electron chi connectivity index (χ1n) is 7.98. The van der Waals surface area contributed by atoms with Gasteiger partial charge in [0.15, 0.2) is 0 Å². The van der Waals surface area contributed by atoms with Crippen LogP contribution in [-0.2, 0) is 4.74 Å². The summed E-state index contributed by atoms with van der Waals surface area (Å²) in [5.41, 5.74) is 2.17. The third kappa shape index (κ3) is 3.19. The molecule has 19 heavy (non-hydrogen) atoms. The maximum atomic E-state index is 6.43. The van der Waals surface area contributed by atoms with Crippen LogP contribution < -0.4 is 0 Å². The zero-order valence-electron chi connectivity index (χ0n) is 12.4. The van der Waals surface area contributed by atoms with Gasteiger partial charge in [0.25, 0.3) is 0 Å². The molecule has 3 aliphatic rings. The van der Waals surface area contributed by atoms with Gasteiger partial charge in [0, 0.05) is 0 Å². The van der Waals surface area contributed by atoms with E-state index in [0.29, 0.717) is 11.5 Å². The fraction of sp³-hybridized carbons (Fsp3) is 0.882. The molecule has 2 atom stereocenters. The van der Waals surface area contributed by atoms with Crippen LogP contribution in [0.5, 0.6) is 0 Å². The molecule has 1 spiro atoms. The van der Waals surface area contributed by atoms with Crippen molar-refractivity contribution in [3.8, 4) is 0 Å². The maximum absolute atomic E-state index is 6.43. The van der Waals surface area contributed by atoms with Gasteiger partial charge in [-0.25, -0.2) is 0 Å². The van der Waals surface area contributed by atoms with Gasteiger partial charge in [0.2, 0.25) is 0 Å². The Balaban J connectivity index is 1.60. The van der Waals surface area contributed by atoms with Crippen LogP contribution in [0.4, 0.5) is 0 Å². The molecule has 0 bridgehead atoms. The van der Waals surface area contributed by atoms with E-state index < -0.39 is 0 Å². The van der Waals surface area contributed by atoms with Crippen molar-refractivity contribution in [2.75, 3.05) is 0 Å². The van der Waals surface area contributed by atoms with Crippen molar-refractivity contribution >= 4 is 11.6 Å². The van der Waals surface area contributed by atoms with Crippen molar-refractivity contribution in [3.05, 3.63) is 11.6 Å². The van der Waals surface area contributed by atoms with E-state index in [-0.39, 0.29) is 11.0 Å². The highest BCUT2D eigenvalue weighted by Gasteiger charge is 2.42.